The first-order valence-electron chi connectivity index (χ1n) is 9.48. The summed E-state index contributed by atoms with van der Waals surface area (Å²) in [7, 11) is -1.28. The Morgan fingerprint density at radius 3 is 2.47 bits per heavy atom. The summed E-state index contributed by atoms with van der Waals surface area (Å²) in [5.41, 5.74) is 4.07. The number of nitrogens with one attached hydrogen (secondary N) is 2. The van der Waals surface area contributed by atoms with E-state index in [1.807, 2.05) is 30.3 Å². The van der Waals surface area contributed by atoms with Crippen molar-refractivity contribution in [3.8, 4) is 22.5 Å². The Bertz CT molecular complexity index is 1180. The lowest BCUT2D eigenvalue weighted by molar-refractivity contribution is 0.628. The SMILES string of the molecule is C[C@H](Nc1cc(-c2nc(S(C)=O)[nH]c2-c2ccc(F)cc2)ccn1)c1ccccc1. The summed E-state index contributed by atoms with van der Waals surface area (Å²) < 4.78 is 25.4. The lowest BCUT2D eigenvalue weighted by Crippen LogP contribution is -2.07. The number of imidazole rings is 1. The minimum Gasteiger partial charge on any atom is -0.364 e. The average Bonchev–Trinajstić information content (AvgIpc) is 3.21. The highest BCUT2D eigenvalue weighted by atomic mass is 32.2. The van der Waals surface area contributed by atoms with Crippen LogP contribution in [0.15, 0.2) is 78.1 Å². The number of hydrogen-bond donors (Lipinski definition) is 2. The Kier molecular flexibility index (Phi) is 5.72. The summed E-state index contributed by atoms with van der Waals surface area (Å²) in [6, 6.07) is 20.1. The zero-order valence-electron chi connectivity index (χ0n) is 16.6. The summed E-state index contributed by atoms with van der Waals surface area (Å²) in [6.45, 7) is 2.07. The molecule has 0 bridgehead atoms. The molecule has 0 aliphatic heterocycles. The molecule has 5 nitrogen and oxygen atoms in total. The van der Waals surface area contributed by atoms with Crippen LogP contribution in [0.3, 0.4) is 0 Å². The molecule has 0 amide bonds. The first kappa shape index (κ1) is 20.0. The van der Waals surface area contributed by atoms with E-state index in [4.69, 9.17) is 0 Å². The van der Waals surface area contributed by atoms with Crippen LogP contribution in [0.25, 0.3) is 22.5 Å². The predicted octanol–water partition coefficient (Wildman–Crippen LogP) is 5.19. The van der Waals surface area contributed by atoms with Gasteiger partial charge in [0.1, 0.15) is 11.6 Å². The highest BCUT2D eigenvalue weighted by Crippen LogP contribution is 2.32. The van der Waals surface area contributed by atoms with E-state index < -0.39 is 10.8 Å². The maximum atomic E-state index is 13.4. The van der Waals surface area contributed by atoms with Crippen molar-refractivity contribution in [1.29, 1.82) is 0 Å². The monoisotopic (exact) mass is 420 g/mol. The van der Waals surface area contributed by atoms with E-state index in [0.717, 1.165) is 16.7 Å². The Morgan fingerprint density at radius 2 is 1.77 bits per heavy atom. The van der Waals surface area contributed by atoms with E-state index in [9.17, 15) is 8.60 Å². The average molecular weight is 421 g/mol. The fourth-order valence-corrected chi connectivity index (χ4v) is 3.69. The smallest absolute Gasteiger partial charge is 0.197 e. The minimum absolute atomic E-state index is 0.0726. The number of aromatic nitrogens is 3. The standard InChI is InChI=1S/C23H21FN4OS/c1-15(16-6-4-3-5-7-16)26-20-14-18(12-13-25-20)22-21(27-23(28-22)30(2)29)17-8-10-19(24)11-9-17/h3-15H,1-2H3,(H,25,26)(H,27,28)/t15-,30?/m0/s1. The lowest BCUT2D eigenvalue weighted by atomic mass is 10.1. The van der Waals surface area contributed by atoms with Crippen LogP contribution in [-0.4, -0.2) is 25.4 Å². The zero-order chi connectivity index (χ0) is 21.1. The van der Waals surface area contributed by atoms with Gasteiger partial charge in [0.15, 0.2) is 5.16 Å². The number of nitrogens with zero attached hydrogens (tertiary/aromatic N) is 2. The lowest BCUT2D eigenvalue weighted by Gasteiger charge is -2.15. The fourth-order valence-electron chi connectivity index (χ4n) is 3.23. The molecule has 2 aromatic carbocycles. The maximum Gasteiger partial charge on any atom is 0.197 e. The van der Waals surface area contributed by atoms with Gasteiger partial charge in [-0.15, -0.1) is 0 Å². The van der Waals surface area contributed by atoms with E-state index in [2.05, 4.69) is 39.3 Å². The van der Waals surface area contributed by atoms with Crippen molar-refractivity contribution in [3.63, 3.8) is 0 Å². The summed E-state index contributed by atoms with van der Waals surface area (Å²) >= 11 is 0. The van der Waals surface area contributed by atoms with Crippen LogP contribution in [0, 0.1) is 5.82 Å². The molecule has 30 heavy (non-hydrogen) atoms. The number of hydrogen-bond acceptors (Lipinski definition) is 4. The Morgan fingerprint density at radius 1 is 1.03 bits per heavy atom. The van der Waals surface area contributed by atoms with Gasteiger partial charge in [0.05, 0.1) is 22.2 Å². The van der Waals surface area contributed by atoms with E-state index in [0.29, 0.717) is 22.4 Å². The first-order chi connectivity index (χ1) is 14.5. The van der Waals surface area contributed by atoms with Crippen molar-refractivity contribution in [3.05, 3.63) is 84.3 Å². The fraction of sp³-hybridized carbons (Fsp3) is 0.130. The van der Waals surface area contributed by atoms with E-state index in [-0.39, 0.29) is 11.9 Å². The molecular weight excluding hydrogens is 399 g/mol. The number of pyridine rings is 1. The minimum atomic E-state index is -1.28. The van der Waals surface area contributed by atoms with E-state index in [1.54, 1.807) is 24.6 Å². The van der Waals surface area contributed by atoms with Crippen molar-refractivity contribution in [2.75, 3.05) is 11.6 Å². The molecule has 2 N–H and O–H groups in total. The highest BCUT2D eigenvalue weighted by molar-refractivity contribution is 7.84. The predicted molar refractivity (Wildman–Crippen MR) is 118 cm³/mol. The molecule has 2 heterocycles. The van der Waals surface area contributed by atoms with Crippen LogP contribution in [0.1, 0.15) is 18.5 Å². The Labute approximate surface area is 176 Å². The van der Waals surface area contributed by atoms with Crippen molar-refractivity contribution >= 4 is 16.6 Å². The summed E-state index contributed by atoms with van der Waals surface area (Å²) in [5, 5.41) is 3.77. The van der Waals surface area contributed by atoms with Gasteiger partial charge in [-0.2, -0.15) is 0 Å². The Hall–Kier alpha value is -3.32. The highest BCUT2D eigenvalue weighted by Gasteiger charge is 2.17. The third-order valence-corrected chi connectivity index (χ3v) is 5.52. The van der Waals surface area contributed by atoms with Crippen molar-refractivity contribution in [2.24, 2.45) is 0 Å². The van der Waals surface area contributed by atoms with Crippen LogP contribution in [0.5, 0.6) is 0 Å². The number of H-pyrrole nitrogens is 1. The number of halogens is 1. The van der Waals surface area contributed by atoms with Crippen molar-refractivity contribution in [1.82, 2.24) is 15.0 Å². The number of rotatable bonds is 6. The summed E-state index contributed by atoms with van der Waals surface area (Å²) in [4.78, 5) is 12.1. The van der Waals surface area contributed by atoms with Gasteiger partial charge in [-0.3, -0.25) is 4.21 Å². The molecule has 0 fully saturated rings. The molecule has 0 aliphatic carbocycles. The van der Waals surface area contributed by atoms with Crippen LogP contribution in [0.4, 0.5) is 10.2 Å². The third-order valence-electron chi connectivity index (χ3n) is 4.78. The summed E-state index contributed by atoms with van der Waals surface area (Å²) in [5.74, 6) is 0.389. The molecule has 2 atom stereocenters. The first-order valence-corrected chi connectivity index (χ1v) is 11.0. The van der Waals surface area contributed by atoms with Gasteiger partial charge in [0.2, 0.25) is 0 Å². The molecule has 0 aliphatic rings. The van der Waals surface area contributed by atoms with Crippen LogP contribution in [-0.2, 0) is 10.8 Å². The number of benzene rings is 2. The molecular formula is C23H21FN4OS. The zero-order valence-corrected chi connectivity index (χ0v) is 17.4. The number of aromatic amines is 1. The Balaban J connectivity index is 1.71. The molecule has 4 aromatic rings. The third kappa shape index (κ3) is 4.31. The van der Waals surface area contributed by atoms with Gasteiger partial charge >= 0.3 is 0 Å². The molecule has 4 rings (SSSR count). The molecule has 0 saturated heterocycles. The topological polar surface area (TPSA) is 70.7 Å². The largest absolute Gasteiger partial charge is 0.364 e. The van der Waals surface area contributed by atoms with E-state index >= 15 is 0 Å². The number of anilines is 1. The summed E-state index contributed by atoms with van der Waals surface area (Å²) in [6.07, 6.45) is 3.28. The maximum absolute atomic E-state index is 13.4. The molecule has 152 valence electrons. The van der Waals surface area contributed by atoms with Gasteiger partial charge in [-0.05, 0) is 48.9 Å². The van der Waals surface area contributed by atoms with Gasteiger partial charge in [0.25, 0.3) is 0 Å². The van der Waals surface area contributed by atoms with Gasteiger partial charge in [0, 0.05) is 29.6 Å². The second kappa shape index (κ2) is 8.59. The van der Waals surface area contributed by atoms with Crippen LogP contribution < -0.4 is 5.32 Å². The molecule has 1 unspecified atom stereocenters. The quantitative estimate of drug-likeness (QED) is 0.450. The van der Waals surface area contributed by atoms with E-state index in [1.165, 1.54) is 12.1 Å². The molecule has 0 spiro atoms. The van der Waals surface area contributed by atoms with Gasteiger partial charge < -0.3 is 10.3 Å². The van der Waals surface area contributed by atoms with Crippen LogP contribution >= 0.6 is 0 Å². The molecule has 7 heteroatoms. The second-order valence-corrected chi connectivity index (χ2v) is 8.23. The van der Waals surface area contributed by atoms with Crippen molar-refractivity contribution < 1.29 is 8.60 Å². The molecule has 0 saturated carbocycles. The van der Waals surface area contributed by atoms with Crippen LogP contribution in [0.2, 0.25) is 0 Å². The van der Waals surface area contributed by atoms with Gasteiger partial charge in [-0.25, -0.2) is 14.4 Å². The van der Waals surface area contributed by atoms with Crippen molar-refractivity contribution in [2.45, 2.75) is 18.1 Å². The second-order valence-electron chi connectivity index (χ2n) is 6.93. The van der Waals surface area contributed by atoms with Gasteiger partial charge in [-0.1, -0.05) is 30.3 Å². The molecule has 2 aromatic heterocycles. The molecule has 0 radical (unpaired) electrons. The normalized spacial score (nSPS) is 13.0.